The van der Waals surface area contributed by atoms with Gasteiger partial charge in [0.15, 0.2) is 0 Å². The van der Waals surface area contributed by atoms with Crippen LogP contribution in [0.2, 0.25) is 0 Å². The van der Waals surface area contributed by atoms with Gasteiger partial charge in [-0.05, 0) is 42.7 Å². The lowest BCUT2D eigenvalue weighted by atomic mass is 10.1. The van der Waals surface area contributed by atoms with E-state index in [0.717, 1.165) is 22.1 Å². The molecule has 126 valence electrons. The van der Waals surface area contributed by atoms with Gasteiger partial charge in [-0.2, -0.15) is 5.10 Å². The molecule has 0 bridgehead atoms. The fraction of sp³-hybridized carbons (Fsp3) is 0.200. The van der Waals surface area contributed by atoms with Gasteiger partial charge in [-0.1, -0.05) is 46.3 Å². The molecule has 1 aromatic heterocycles. The summed E-state index contributed by atoms with van der Waals surface area (Å²) in [6, 6.07) is 16.3. The Labute approximate surface area is 155 Å². The first-order valence-electron chi connectivity index (χ1n) is 8.30. The first-order chi connectivity index (χ1) is 12.1. The number of fused-ring (bicyclic) bond motifs is 1. The second-order valence-corrected chi connectivity index (χ2v) is 7.33. The van der Waals surface area contributed by atoms with E-state index in [1.807, 2.05) is 46.1 Å². The van der Waals surface area contributed by atoms with E-state index in [-0.39, 0.29) is 11.9 Å². The number of hydrogen-bond acceptors (Lipinski definition) is 2. The molecular weight excluding hydrogens is 378 g/mol. The summed E-state index contributed by atoms with van der Waals surface area (Å²) in [5, 5.41) is 4.36. The standard InChI is InChI=1S/C20H18BrN3O/c1-14-9-16-10-18(21)7-8-19(16)24(14)20(25)17-11-22-23(13-17)12-15-5-3-2-4-6-15/h2-8,10-11,13-14H,9,12H2,1H3/t14-/m1/s1. The summed E-state index contributed by atoms with van der Waals surface area (Å²) in [5.41, 5.74) is 3.98. The number of benzene rings is 2. The van der Waals surface area contributed by atoms with E-state index in [1.165, 1.54) is 5.56 Å². The number of rotatable bonds is 3. The van der Waals surface area contributed by atoms with Crippen LogP contribution in [0.3, 0.4) is 0 Å². The van der Waals surface area contributed by atoms with E-state index < -0.39 is 0 Å². The molecule has 5 heteroatoms. The maximum absolute atomic E-state index is 13.0. The quantitative estimate of drug-likeness (QED) is 0.663. The van der Waals surface area contributed by atoms with Crippen LogP contribution >= 0.6 is 15.9 Å². The second kappa shape index (κ2) is 6.48. The van der Waals surface area contributed by atoms with E-state index in [1.54, 1.807) is 6.20 Å². The predicted molar refractivity (Wildman–Crippen MR) is 102 cm³/mol. The molecule has 1 aliphatic rings. The minimum atomic E-state index is 0.00730. The Balaban J connectivity index is 1.58. The highest BCUT2D eigenvalue weighted by Gasteiger charge is 2.32. The molecule has 0 fully saturated rings. The molecule has 1 amide bonds. The number of anilines is 1. The van der Waals surface area contributed by atoms with Crippen LogP contribution in [-0.2, 0) is 13.0 Å². The normalized spacial score (nSPS) is 16.1. The van der Waals surface area contributed by atoms with E-state index >= 15 is 0 Å². The molecule has 4 nitrogen and oxygen atoms in total. The van der Waals surface area contributed by atoms with E-state index in [4.69, 9.17) is 0 Å². The third-order valence-corrected chi connectivity index (χ3v) is 5.04. The number of hydrogen-bond donors (Lipinski definition) is 0. The second-order valence-electron chi connectivity index (χ2n) is 6.41. The van der Waals surface area contributed by atoms with Crippen molar-refractivity contribution in [3.63, 3.8) is 0 Å². The molecule has 1 aliphatic heterocycles. The van der Waals surface area contributed by atoms with Gasteiger partial charge >= 0.3 is 0 Å². The summed E-state index contributed by atoms with van der Waals surface area (Å²) in [6.07, 6.45) is 4.37. The van der Waals surface area contributed by atoms with E-state index in [9.17, 15) is 4.79 Å². The summed E-state index contributed by atoms with van der Waals surface area (Å²) < 4.78 is 2.86. The molecule has 1 atom stereocenters. The number of carbonyl (C=O) groups excluding carboxylic acids is 1. The Bertz CT molecular complexity index is 920. The van der Waals surface area contributed by atoms with Crippen molar-refractivity contribution in [2.75, 3.05) is 4.90 Å². The molecule has 25 heavy (non-hydrogen) atoms. The molecular formula is C20H18BrN3O. The number of nitrogens with zero attached hydrogens (tertiary/aromatic N) is 3. The van der Waals surface area contributed by atoms with Gasteiger partial charge in [-0.3, -0.25) is 9.48 Å². The minimum Gasteiger partial charge on any atom is -0.305 e. The largest absolute Gasteiger partial charge is 0.305 e. The molecule has 0 aliphatic carbocycles. The predicted octanol–water partition coefficient (Wildman–Crippen LogP) is 4.29. The summed E-state index contributed by atoms with van der Waals surface area (Å²) in [4.78, 5) is 14.9. The first kappa shape index (κ1) is 16.1. The Morgan fingerprint density at radius 3 is 2.84 bits per heavy atom. The molecule has 0 saturated heterocycles. The van der Waals surface area contributed by atoms with Gasteiger partial charge < -0.3 is 4.90 Å². The molecule has 0 spiro atoms. The maximum atomic E-state index is 13.0. The smallest absolute Gasteiger partial charge is 0.261 e. The van der Waals surface area contributed by atoms with E-state index in [2.05, 4.69) is 46.2 Å². The number of halogens is 1. The minimum absolute atomic E-state index is 0.00730. The summed E-state index contributed by atoms with van der Waals surface area (Å²) >= 11 is 3.50. The van der Waals surface area contributed by atoms with Crippen molar-refractivity contribution in [1.29, 1.82) is 0 Å². The zero-order valence-corrected chi connectivity index (χ0v) is 15.5. The van der Waals surface area contributed by atoms with Gasteiger partial charge in [0.1, 0.15) is 0 Å². The lowest BCUT2D eigenvalue weighted by Gasteiger charge is -2.22. The lowest BCUT2D eigenvalue weighted by Crippen LogP contribution is -2.35. The zero-order valence-electron chi connectivity index (χ0n) is 13.9. The van der Waals surface area contributed by atoms with Crippen LogP contribution in [0.15, 0.2) is 65.4 Å². The van der Waals surface area contributed by atoms with Gasteiger partial charge in [0.25, 0.3) is 5.91 Å². The van der Waals surface area contributed by atoms with Gasteiger partial charge in [0, 0.05) is 22.4 Å². The van der Waals surface area contributed by atoms with Crippen molar-refractivity contribution in [1.82, 2.24) is 9.78 Å². The van der Waals surface area contributed by atoms with Crippen LogP contribution in [0.5, 0.6) is 0 Å². The summed E-state index contributed by atoms with van der Waals surface area (Å²) in [6.45, 7) is 2.74. The Morgan fingerprint density at radius 1 is 1.24 bits per heavy atom. The lowest BCUT2D eigenvalue weighted by molar-refractivity contribution is 0.0981. The van der Waals surface area contributed by atoms with Crippen molar-refractivity contribution >= 4 is 27.5 Å². The molecule has 0 radical (unpaired) electrons. The highest BCUT2D eigenvalue weighted by molar-refractivity contribution is 9.10. The highest BCUT2D eigenvalue weighted by Crippen LogP contribution is 2.35. The van der Waals surface area contributed by atoms with Crippen molar-refractivity contribution in [3.8, 4) is 0 Å². The Kier molecular flexibility index (Phi) is 4.17. The topological polar surface area (TPSA) is 38.1 Å². The fourth-order valence-electron chi connectivity index (χ4n) is 3.38. The SMILES string of the molecule is C[C@@H]1Cc2cc(Br)ccc2N1C(=O)c1cnn(Cc2ccccc2)c1. The van der Waals surface area contributed by atoms with Gasteiger partial charge in [-0.25, -0.2) is 0 Å². The number of carbonyl (C=O) groups is 1. The highest BCUT2D eigenvalue weighted by atomic mass is 79.9. The third kappa shape index (κ3) is 3.12. The molecule has 0 saturated carbocycles. The van der Waals surface area contributed by atoms with Crippen molar-refractivity contribution in [3.05, 3.63) is 82.1 Å². The third-order valence-electron chi connectivity index (χ3n) is 4.54. The zero-order chi connectivity index (χ0) is 17.4. The first-order valence-corrected chi connectivity index (χ1v) is 9.09. The van der Waals surface area contributed by atoms with Gasteiger partial charge in [0.2, 0.25) is 0 Å². The van der Waals surface area contributed by atoms with Crippen LogP contribution in [0.1, 0.15) is 28.4 Å². The number of aromatic nitrogens is 2. The van der Waals surface area contributed by atoms with Crippen LogP contribution in [-0.4, -0.2) is 21.7 Å². The van der Waals surface area contributed by atoms with Crippen LogP contribution in [0.4, 0.5) is 5.69 Å². The van der Waals surface area contributed by atoms with Gasteiger partial charge in [0.05, 0.1) is 18.3 Å². The Morgan fingerprint density at radius 2 is 2.04 bits per heavy atom. The monoisotopic (exact) mass is 395 g/mol. The fourth-order valence-corrected chi connectivity index (χ4v) is 3.79. The summed E-state index contributed by atoms with van der Waals surface area (Å²) in [5.74, 6) is 0.00730. The molecule has 2 heterocycles. The molecule has 4 rings (SSSR count). The average Bonchev–Trinajstić information content (AvgIpc) is 3.18. The Hall–Kier alpha value is -2.40. The summed E-state index contributed by atoms with van der Waals surface area (Å²) in [7, 11) is 0. The molecule has 0 N–H and O–H groups in total. The van der Waals surface area contributed by atoms with Gasteiger partial charge in [-0.15, -0.1) is 0 Å². The van der Waals surface area contributed by atoms with Crippen LogP contribution < -0.4 is 4.90 Å². The van der Waals surface area contributed by atoms with Crippen molar-refractivity contribution in [2.24, 2.45) is 0 Å². The van der Waals surface area contributed by atoms with Crippen LogP contribution in [0, 0.1) is 0 Å². The van der Waals surface area contributed by atoms with Crippen LogP contribution in [0.25, 0.3) is 0 Å². The average molecular weight is 396 g/mol. The van der Waals surface area contributed by atoms with E-state index in [0.29, 0.717) is 12.1 Å². The van der Waals surface area contributed by atoms with Crippen molar-refractivity contribution < 1.29 is 4.79 Å². The molecule has 0 unspecified atom stereocenters. The number of amides is 1. The molecule has 2 aromatic carbocycles. The molecule has 3 aromatic rings. The van der Waals surface area contributed by atoms with Crippen molar-refractivity contribution in [2.45, 2.75) is 25.9 Å². The maximum Gasteiger partial charge on any atom is 0.261 e.